The first-order valence-corrected chi connectivity index (χ1v) is 7.05. The fraction of sp³-hybridized carbons (Fsp3) is 0.909. The van der Waals surface area contributed by atoms with Crippen molar-refractivity contribution in [1.29, 1.82) is 0 Å². The molecule has 0 bridgehead atoms. The highest BCUT2D eigenvalue weighted by Gasteiger charge is 2.23. The van der Waals surface area contributed by atoms with Gasteiger partial charge >= 0.3 is 0 Å². The molecule has 15 heavy (non-hydrogen) atoms. The number of amides is 1. The first-order chi connectivity index (χ1) is 7.17. The van der Waals surface area contributed by atoms with Crippen molar-refractivity contribution in [2.24, 2.45) is 5.73 Å². The molecule has 0 aromatic heterocycles. The summed E-state index contributed by atoms with van der Waals surface area (Å²) in [4.78, 5) is 11.6. The first kappa shape index (κ1) is 12.8. The maximum atomic E-state index is 11.6. The van der Waals surface area contributed by atoms with Gasteiger partial charge in [0.05, 0.1) is 6.04 Å². The molecule has 3 atom stereocenters. The molecule has 3 nitrogen and oxygen atoms in total. The SMILES string of the molecule is CC[C@H](N)C(=O)NC1CCCC(SC)C1. The summed E-state index contributed by atoms with van der Waals surface area (Å²) in [6.07, 6.45) is 7.57. The molecule has 2 unspecified atom stereocenters. The second kappa shape index (κ2) is 6.38. The van der Waals surface area contributed by atoms with Gasteiger partial charge in [-0.05, 0) is 31.9 Å². The average Bonchev–Trinajstić information content (AvgIpc) is 2.28. The van der Waals surface area contributed by atoms with Crippen LogP contribution >= 0.6 is 11.8 Å². The van der Waals surface area contributed by atoms with Gasteiger partial charge < -0.3 is 11.1 Å². The van der Waals surface area contributed by atoms with Gasteiger partial charge in [-0.15, -0.1) is 0 Å². The summed E-state index contributed by atoms with van der Waals surface area (Å²) in [5.41, 5.74) is 5.68. The van der Waals surface area contributed by atoms with Gasteiger partial charge in [-0.1, -0.05) is 13.3 Å². The first-order valence-electron chi connectivity index (χ1n) is 5.76. The van der Waals surface area contributed by atoms with E-state index in [2.05, 4.69) is 11.6 Å². The minimum Gasteiger partial charge on any atom is -0.352 e. The average molecular weight is 230 g/mol. The van der Waals surface area contributed by atoms with Crippen LogP contribution in [-0.4, -0.2) is 29.5 Å². The Morgan fingerprint density at radius 1 is 1.60 bits per heavy atom. The Morgan fingerprint density at radius 3 is 2.93 bits per heavy atom. The molecule has 88 valence electrons. The second-order valence-corrected chi connectivity index (χ2v) is 5.38. The maximum absolute atomic E-state index is 11.6. The Morgan fingerprint density at radius 2 is 2.33 bits per heavy atom. The fourth-order valence-electron chi connectivity index (χ4n) is 1.98. The van der Waals surface area contributed by atoms with Crippen molar-refractivity contribution >= 4 is 17.7 Å². The number of nitrogens with one attached hydrogen (secondary N) is 1. The molecule has 0 aliphatic heterocycles. The molecule has 0 heterocycles. The molecule has 4 heteroatoms. The lowest BCUT2D eigenvalue weighted by Crippen LogP contribution is -2.46. The van der Waals surface area contributed by atoms with E-state index < -0.39 is 0 Å². The van der Waals surface area contributed by atoms with E-state index in [-0.39, 0.29) is 11.9 Å². The second-order valence-electron chi connectivity index (χ2n) is 4.24. The van der Waals surface area contributed by atoms with E-state index in [1.807, 2.05) is 18.7 Å². The van der Waals surface area contributed by atoms with E-state index >= 15 is 0 Å². The standard InChI is InChI=1S/C11H22N2OS/c1-3-10(12)11(14)13-8-5-4-6-9(7-8)15-2/h8-10H,3-7,12H2,1-2H3,(H,13,14)/t8?,9?,10-/m0/s1. The zero-order chi connectivity index (χ0) is 11.3. The number of rotatable bonds is 4. The Bertz CT molecular complexity index is 211. The number of carbonyl (C=O) groups excluding carboxylic acids is 1. The van der Waals surface area contributed by atoms with Crippen molar-refractivity contribution in [2.75, 3.05) is 6.26 Å². The van der Waals surface area contributed by atoms with Gasteiger partial charge in [0.1, 0.15) is 0 Å². The third-order valence-corrected chi connectivity index (χ3v) is 4.18. The zero-order valence-corrected chi connectivity index (χ0v) is 10.5. The molecule has 0 aromatic carbocycles. The van der Waals surface area contributed by atoms with Crippen molar-refractivity contribution in [3.05, 3.63) is 0 Å². The van der Waals surface area contributed by atoms with Crippen LogP contribution in [0.2, 0.25) is 0 Å². The van der Waals surface area contributed by atoms with Crippen LogP contribution in [0.15, 0.2) is 0 Å². The van der Waals surface area contributed by atoms with Crippen LogP contribution in [0.4, 0.5) is 0 Å². The molecule has 1 aliphatic carbocycles. The summed E-state index contributed by atoms with van der Waals surface area (Å²) in [6.45, 7) is 1.94. The maximum Gasteiger partial charge on any atom is 0.237 e. The van der Waals surface area contributed by atoms with Gasteiger partial charge in [0.2, 0.25) is 5.91 Å². The van der Waals surface area contributed by atoms with Crippen LogP contribution in [0.3, 0.4) is 0 Å². The molecule has 0 spiro atoms. The third kappa shape index (κ3) is 4.03. The van der Waals surface area contributed by atoms with E-state index in [1.165, 1.54) is 12.8 Å². The van der Waals surface area contributed by atoms with Crippen LogP contribution in [0.1, 0.15) is 39.0 Å². The third-order valence-electron chi connectivity index (χ3n) is 3.08. The molecule has 0 radical (unpaired) electrons. The number of hydrogen-bond acceptors (Lipinski definition) is 3. The predicted octanol–water partition coefficient (Wildman–Crippen LogP) is 1.51. The largest absolute Gasteiger partial charge is 0.352 e. The van der Waals surface area contributed by atoms with Crippen molar-refractivity contribution in [3.8, 4) is 0 Å². The lowest BCUT2D eigenvalue weighted by atomic mass is 9.94. The predicted molar refractivity (Wildman–Crippen MR) is 66.0 cm³/mol. The molecular weight excluding hydrogens is 208 g/mol. The lowest BCUT2D eigenvalue weighted by Gasteiger charge is -2.29. The fourth-order valence-corrected chi connectivity index (χ4v) is 2.81. The van der Waals surface area contributed by atoms with Crippen LogP contribution in [0.5, 0.6) is 0 Å². The van der Waals surface area contributed by atoms with Crippen LogP contribution in [0, 0.1) is 0 Å². The van der Waals surface area contributed by atoms with E-state index in [0.717, 1.165) is 12.8 Å². The Hall–Kier alpha value is -0.220. The Balaban J connectivity index is 2.34. The molecule has 0 aromatic rings. The van der Waals surface area contributed by atoms with E-state index in [4.69, 9.17) is 5.73 Å². The Kier molecular flexibility index (Phi) is 5.47. The molecule has 1 saturated carbocycles. The van der Waals surface area contributed by atoms with Crippen molar-refractivity contribution in [3.63, 3.8) is 0 Å². The molecule has 3 N–H and O–H groups in total. The topological polar surface area (TPSA) is 55.1 Å². The van der Waals surface area contributed by atoms with Crippen molar-refractivity contribution in [1.82, 2.24) is 5.32 Å². The number of carbonyl (C=O) groups is 1. The van der Waals surface area contributed by atoms with Crippen molar-refractivity contribution in [2.45, 2.75) is 56.4 Å². The van der Waals surface area contributed by atoms with Gasteiger partial charge in [-0.2, -0.15) is 11.8 Å². The summed E-state index contributed by atoms with van der Waals surface area (Å²) >= 11 is 1.91. The minimum absolute atomic E-state index is 0.0178. The van der Waals surface area contributed by atoms with Gasteiger partial charge in [0.15, 0.2) is 0 Å². The minimum atomic E-state index is -0.334. The quantitative estimate of drug-likeness (QED) is 0.770. The highest BCUT2D eigenvalue weighted by molar-refractivity contribution is 7.99. The summed E-state index contributed by atoms with van der Waals surface area (Å²) in [5, 5.41) is 3.77. The number of nitrogens with two attached hydrogens (primary N) is 1. The molecule has 0 saturated heterocycles. The number of hydrogen-bond donors (Lipinski definition) is 2. The summed E-state index contributed by atoms with van der Waals surface area (Å²) in [6, 6.07) is 0.0148. The highest BCUT2D eigenvalue weighted by Crippen LogP contribution is 2.26. The van der Waals surface area contributed by atoms with Gasteiger partial charge in [0, 0.05) is 11.3 Å². The van der Waals surface area contributed by atoms with Crippen LogP contribution in [0.25, 0.3) is 0 Å². The molecule has 1 fully saturated rings. The van der Waals surface area contributed by atoms with Gasteiger partial charge in [-0.25, -0.2) is 0 Å². The molecule has 1 aliphatic rings. The molecule has 1 amide bonds. The summed E-state index contributed by atoms with van der Waals surface area (Å²) in [5.74, 6) is 0.0178. The van der Waals surface area contributed by atoms with Gasteiger partial charge in [0.25, 0.3) is 0 Å². The van der Waals surface area contributed by atoms with Crippen LogP contribution in [-0.2, 0) is 4.79 Å². The van der Waals surface area contributed by atoms with Crippen LogP contribution < -0.4 is 11.1 Å². The van der Waals surface area contributed by atoms with E-state index in [9.17, 15) is 4.79 Å². The molecular formula is C11H22N2OS. The van der Waals surface area contributed by atoms with Crippen molar-refractivity contribution < 1.29 is 4.79 Å². The van der Waals surface area contributed by atoms with E-state index in [1.54, 1.807) is 0 Å². The normalized spacial score (nSPS) is 28.5. The smallest absolute Gasteiger partial charge is 0.237 e. The zero-order valence-electron chi connectivity index (χ0n) is 9.66. The van der Waals surface area contributed by atoms with Gasteiger partial charge in [-0.3, -0.25) is 4.79 Å². The lowest BCUT2D eigenvalue weighted by molar-refractivity contribution is -0.123. The monoisotopic (exact) mass is 230 g/mol. The summed E-state index contributed by atoms with van der Waals surface area (Å²) < 4.78 is 0. The molecule has 1 rings (SSSR count). The van der Waals surface area contributed by atoms with E-state index in [0.29, 0.717) is 17.7 Å². The highest BCUT2D eigenvalue weighted by atomic mass is 32.2. The Labute approximate surface area is 96.6 Å². The number of thioether (sulfide) groups is 1. The summed E-state index contributed by atoms with van der Waals surface area (Å²) in [7, 11) is 0.